The lowest BCUT2D eigenvalue weighted by Gasteiger charge is -1.80. The molecule has 0 aliphatic heterocycles. The van der Waals surface area contributed by atoms with Gasteiger partial charge in [0.15, 0.2) is 0 Å². The molecule has 60 valence electrons. The molecule has 5 heteroatoms. The van der Waals surface area contributed by atoms with Crippen LogP contribution < -0.4 is 0 Å². The van der Waals surface area contributed by atoms with Crippen LogP contribution in [0.5, 0.6) is 0 Å². The molecule has 0 radical (unpaired) electrons. The lowest BCUT2D eigenvalue weighted by atomic mass is 10.3. The average Bonchev–Trinajstić information content (AvgIpc) is 1.62. The van der Waals surface area contributed by atoms with E-state index in [1.807, 2.05) is 6.92 Å². The Morgan fingerprint density at radius 3 is 2.00 bits per heavy atom. The summed E-state index contributed by atoms with van der Waals surface area (Å²) in [5.74, 6) is 0.289. The fourth-order valence-corrected chi connectivity index (χ4v) is 0.352. The van der Waals surface area contributed by atoms with Crippen LogP contribution in [0.1, 0.15) is 26.7 Å². The first-order valence-electron chi connectivity index (χ1n) is 2.83. The number of carbonyl (C=O) groups is 1. The number of hydrogen-bond donors (Lipinski definition) is 1. The molecule has 0 rings (SSSR count). The molecule has 0 unspecified atom stereocenters. The average molecular weight is 149 g/mol. The Morgan fingerprint density at radius 2 is 2.00 bits per heavy atom. The Bertz CT molecular complexity index is 108. The van der Waals surface area contributed by atoms with Crippen molar-refractivity contribution in [1.29, 1.82) is 0 Å². The molecule has 0 aromatic heterocycles. The highest BCUT2D eigenvalue weighted by Crippen LogP contribution is 1.84. The molecule has 0 fully saturated rings. The van der Waals surface area contributed by atoms with Gasteiger partial charge in [-0.1, -0.05) is 6.92 Å². The highest BCUT2D eigenvalue weighted by molar-refractivity contribution is 5.75. The summed E-state index contributed by atoms with van der Waals surface area (Å²) in [5, 5.41) is 13.6. The van der Waals surface area contributed by atoms with Crippen molar-refractivity contribution in [3.05, 3.63) is 10.1 Å². The second kappa shape index (κ2) is 7.87. The number of carbonyl (C=O) groups excluding carboxylic acids is 1. The van der Waals surface area contributed by atoms with E-state index >= 15 is 0 Å². The molecule has 5 nitrogen and oxygen atoms in total. The molecule has 0 saturated heterocycles. The lowest BCUT2D eigenvalue weighted by molar-refractivity contribution is -0.742. The summed E-state index contributed by atoms with van der Waals surface area (Å²) >= 11 is 0. The van der Waals surface area contributed by atoms with Crippen molar-refractivity contribution in [2.24, 2.45) is 0 Å². The molecule has 0 bridgehead atoms. The number of ketones is 1. The minimum atomic E-state index is -1.50. The van der Waals surface area contributed by atoms with Crippen LogP contribution >= 0.6 is 0 Å². The van der Waals surface area contributed by atoms with Crippen LogP contribution in [0.2, 0.25) is 0 Å². The van der Waals surface area contributed by atoms with Gasteiger partial charge in [-0.2, -0.15) is 0 Å². The quantitative estimate of drug-likeness (QED) is 0.469. The topological polar surface area (TPSA) is 80.4 Å². The maximum absolute atomic E-state index is 10.0. The number of nitrogens with zero attached hydrogens (tertiary/aromatic N) is 1. The predicted molar refractivity (Wildman–Crippen MR) is 34.4 cm³/mol. The second-order valence-corrected chi connectivity index (χ2v) is 1.69. The molecule has 0 aliphatic rings. The number of hydrogen-bond acceptors (Lipinski definition) is 3. The van der Waals surface area contributed by atoms with Crippen LogP contribution in [0, 0.1) is 10.1 Å². The van der Waals surface area contributed by atoms with Crippen molar-refractivity contribution in [3.63, 3.8) is 0 Å². The fourth-order valence-electron chi connectivity index (χ4n) is 0.352. The monoisotopic (exact) mass is 149 g/mol. The summed E-state index contributed by atoms with van der Waals surface area (Å²) < 4.78 is 0. The van der Waals surface area contributed by atoms with Gasteiger partial charge < -0.3 is 10.0 Å². The van der Waals surface area contributed by atoms with E-state index in [0.717, 1.165) is 12.8 Å². The number of Topliss-reactive ketones (excluding diaryl/α,β-unsaturated/α-hetero) is 1. The molecule has 0 amide bonds. The van der Waals surface area contributed by atoms with Crippen LogP contribution in [-0.2, 0) is 4.79 Å². The Balaban J connectivity index is 0. The van der Waals surface area contributed by atoms with Crippen molar-refractivity contribution in [1.82, 2.24) is 0 Å². The Labute approximate surface area is 58.8 Å². The molecule has 0 heterocycles. The van der Waals surface area contributed by atoms with Crippen molar-refractivity contribution >= 4 is 5.78 Å². The highest BCUT2D eigenvalue weighted by atomic mass is 16.9. The summed E-state index contributed by atoms with van der Waals surface area (Å²) in [6.45, 7) is 3.62. The fraction of sp³-hybridized carbons (Fsp3) is 0.800. The van der Waals surface area contributed by atoms with Crippen LogP contribution in [0.4, 0.5) is 0 Å². The first-order valence-corrected chi connectivity index (χ1v) is 2.83. The Hall–Kier alpha value is -1.13. The zero-order valence-corrected chi connectivity index (χ0v) is 6.03. The lowest BCUT2D eigenvalue weighted by Crippen LogP contribution is -1.84. The molecule has 0 aromatic rings. The minimum Gasteiger partial charge on any atom is -0.328 e. The maximum Gasteiger partial charge on any atom is 0.291 e. The van der Waals surface area contributed by atoms with Crippen molar-refractivity contribution < 1.29 is 15.1 Å². The van der Waals surface area contributed by atoms with E-state index in [1.165, 1.54) is 0 Å². The van der Waals surface area contributed by atoms with Gasteiger partial charge in [-0.25, -0.2) is 0 Å². The van der Waals surface area contributed by atoms with Gasteiger partial charge in [0.25, 0.3) is 5.09 Å². The maximum atomic E-state index is 10.0. The summed E-state index contributed by atoms with van der Waals surface area (Å²) in [6, 6.07) is 0. The van der Waals surface area contributed by atoms with Gasteiger partial charge in [0.05, 0.1) is 0 Å². The van der Waals surface area contributed by atoms with Gasteiger partial charge in [-0.3, -0.25) is 0 Å². The van der Waals surface area contributed by atoms with Gasteiger partial charge in [0.2, 0.25) is 0 Å². The third-order valence-electron chi connectivity index (χ3n) is 0.602. The van der Waals surface area contributed by atoms with Gasteiger partial charge in [0, 0.05) is 6.42 Å². The van der Waals surface area contributed by atoms with E-state index in [-0.39, 0.29) is 5.78 Å². The van der Waals surface area contributed by atoms with Crippen molar-refractivity contribution in [2.75, 3.05) is 0 Å². The van der Waals surface area contributed by atoms with Gasteiger partial charge >= 0.3 is 0 Å². The van der Waals surface area contributed by atoms with E-state index in [9.17, 15) is 4.79 Å². The molecule has 0 aromatic carbocycles. The SMILES string of the molecule is CCCC(C)=O.O=[N+]([O-])O. The molecular weight excluding hydrogens is 138 g/mol. The normalized spacial score (nSPS) is 7.40. The Kier molecular flexibility index (Phi) is 9.16. The Morgan fingerprint density at radius 1 is 1.70 bits per heavy atom. The number of rotatable bonds is 2. The molecule has 0 saturated carbocycles. The molecular formula is C5H11NO4. The van der Waals surface area contributed by atoms with Crippen molar-refractivity contribution in [3.8, 4) is 0 Å². The van der Waals surface area contributed by atoms with E-state index in [0.29, 0.717) is 0 Å². The standard InChI is InChI=1S/C5H10O.HNO3/c1-3-4-5(2)6;2-1(3)4/h3-4H2,1-2H3;(H,2,3,4). The predicted octanol–water partition coefficient (Wildman–Crippen LogP) is 1.03. The second-order valence-electron chi connectivity index (χ2n) is 1.69. The van der Waals surface area contributed by atoms with E-state index in [2.05, 4.69) is 0 Å². The highest BCUT2D eigenvalue weighted by Gasteiger charge is 1.83. The smallest absolute Gasteiger partial charge is 0.291 e. The molecule has 0 aliphatic carbocycles. The first kappa shape index (κ1) is 11.6. The zero-order valence-electron chi connectivity index (χ0n) is 6.03. The summed E-state index contributed by atoms with van der Waals surface area (Å²) in [5.41, 5.74) is 0. The van der Waals surface area contributed by atoms with E-state index in [1.54, 1.807) is 6.92 Å². The summed E-state index contributed by atoms with van der Waals surface area (Å²) in [7, 11) is 0. The first-order chi connectivity index (χ1) is 4.50. The summed E-state index contributed by atoms with van der Waals surface area (Å²) in [4.78, 5) is 18.4. The third-order valence-corrected chi connectivity index (χ3v) is 0.602. The molecule has 1 N–H and O–H groups in total. The third kappa shape index (κ3) is 67.7. The van der Waals surface area contributed by atoms with Gasteiger partial charge in [-0.05, 0) is 13.3 Å². The van der Waals surface area contributed by atoms with Crippen LogP contribution in [0.15, 0.2) is 0 Å². The molecule has 0 spiro atoms. The molecule has 0 atom stereocenters. The minimum absolute atomic E-state index is 0.289. The van der Waals surface area contributed by atoms with Crippen molar-refractivity contribution in [2.45, 2.75) is 26.7 Å². The van der Waals surface area contributed by atoms with E-state index < -0.39 is 5.09 Å². The molecule has 10 heavy (non-hydrogen) atoms. The van der Waals surface area contributed by atoms with Gasteiger partial charge in [0.1, 0.15) is 5.78 Å². The van der Waals surface area contributed by atoms with Gasteiger partial charge in [-0.15, -0.1) is 10.1 Å². The zero-order chi connectivity index (χ0) is 8.57. The van der Waals surface area contributed by atoms with Crippen LogP contribution in [-0.4, -0.2) is 16.1 Å². The van der Waals surface area contributed by atoms with E-state index in [4.69, 9.17) is 15.3 Å². The van der Waals surface area contributed by atoms with Crippen LogP contribution in [0.3, 0.4) is 0 Å². The van der Waals surface area contributed by atoms with Crippen LogP contribution in [0.25, 0.3) is 0 Å². The largest absolute Gasteiger partial charge is 0.328 e. The summed E-state index contributed by atoms with van der Waals surface area (Å²) in [6.07, 6.45) is 1.72.